The second kappa shape index (κ2) is 9.82. The summed E-state index contributed by atoms with van der Waals surface area (Å²) in [5.41, 5.74) is 0. The average molecular weight is 432 g/mol. The first-order valence-electron chi connectivity index (χ1n) is 9.49. The van der Waals surface area contributed by atoms with Gasteiger partial charge in [0.15, 0.2) is 5.82 Å². The summed E-state index contributed by atoms with van der Waals surface area (Å²) in [5.74, 6) is 1.24. The van der Waals surface area contributed by atoms with Crippen LogP contribution in [-0.4, -0.2) is 79.6 Å². The summed E-state index contributed by atoms with van der Waals surface area (Å²) in [7, 11) is -3.47. The number of halogens is 1. The molecule has 0 saturated carbocycles. The highest BCUT2D eigenvalue weighted by Gasteiger charge is 2.32. The molecule has 2 aliphatic heterocycles. The number of sulfonamides is 1. The molecular formula is C17H26ClN5O4S. The molecule has 1 N–H and O–H groups in total. The lowest BCUT2D eigenvalue weighted by Gasteiger charge is -2.32. The third kappa shape index (κ3) is 5.53. The van der Waals surface area contributed by atoms with Crippen LogP contribution in [-0.2, 0) is 14.8 Å². The first kappa shape index (κ1) is 21.2. The molecule has 0 radical (unpaired) electrons. The molecule has 0 aromatic carbocycles. The number of ether oxygens (including phenoxy) is 1. The van der Waals surface area contributed by atoms with Crippen molar-refractivity contribution in [2.45, 2.75) is 19.3 Å². The number of carbonyl (C=O) groups is 1. The van der Waals surface area contributed by atoms with Gasteiger partial charge in [-0.2, -0.15) is 4.31 Å². The number of hydrogen-bond donors (Lipinski definition) is 1. The SMILES string of the molecule is O=C1CN(S(=O)(=O)CCCCl)CCN1c1cnc(OCC2CCNCC2)cn1. The number of nitrogens with one attached hydrogen (secondary N) is 1. The first-order chi connectivity index (χ1) is 13.5. The zero-order chi connectivity index (χ0) is 20.0. The largest absolute Gasteiger partial charge is 0.476 e. The molecule has 2 saturated heterocycles. The molecule has 1 aromatic heterocycles. The second-order valence-electron chi connectivity index (χ2n) is 6.95. The zero-order valence-corrected chi connectivity index (χ0v) is 17.3. The van der Waals surface area contributed by atoms with Crippen molar-refractivity contribution < 1.29 is 17.9 Å². The summed E-state index contributed by atoms with van der Waals surface area (Å²) >= 11 is 5.57. The van der Waals surface area contributed by atoms with Crippen LogP contribution in [0, 0.1) is 5.92 Å². The van der Waals surface area contributed by atoms with E-state index in [0.717, 1.165) is 25.9 Å². The third-order valence-corrected chi connectivity index (χ3v) is 7.10. The minimum atomic E-state index is -3.47. The number of anilines is 1. The normalized spacial score (nSPS) is 19.8. The molecule has 0 unspecified atom stereocenters. The highest BCUT2D eigenvalue weighted by Crippen LogP contribution is 2.19. The predicted molar refractivity (Wildman–Crippen MR) is 106 cm³/mol. The van der Waals surface area contributed by atoms with E-state index in [1.165, 1.54) is 21.6 Å². The van der Waals surface area contributed by atoms with Crippen molar-refractivity contribution in [1.29, 1.82) is 0 Å². The molecule has 0 spiro atoms. The van der Waals surface area contributed by atoms with Crippen molar-refractivity contribution in [3.05, 3.63) is 12.4 Å². The Hall–Kier alpha value is -1.49. The predicted octanol–water partition coefficient (Wildman–Crippen LogP) is 0.462. The fourth-order valence-corrected chi connectivity index (χ4v) is 5.00. The van der Waals surface area contributed by atoms with Crippen LogP contribution in [0.5, 0.6) is 5.88 Å². The average Bonchev–Trinajstić information content (AvgIpc) is 2.72. The number of carbonyl (C=O) groups excluding carboxylic acids is 1. The Balaban J connectivity index is 1.53. The van der Waals surface area contributed by atoms with Crippen LogP contribution in [0.4, 0.5) is 5.82 Å². The maximum absolute atomic E-state index is 12.4. The van der Waals surface area contributed by atoms with Crippen molar-refractivity contribution in [2.24, 2.45) is 5.92 Å². The molecule has 0 bridgehead atoms. The number of amides is 1. The van der Waals surface area contributed by atoms with E-state index in [1.807, 2.05) is 0 Å². The zero-order valence-electron chi connectivity index (χ0n) is 15.7. The van der Waals surface area contributed by atoms with Crippen LogP contribution in [0.2, 0.25) is 0 Å². The first-order valence-corrected chi connectivity index (χ1v) is 11.6. The van der Waals surface area contributed by atoms with Crippen LogP contribution < -0.4 is 15.0 Å². The van der Waals surface area contributed by atoms with E-state index in [2.05, 4.69) is 15.3 Å². The Labute approximate surface area is 170 Å². The van der Waals surface area contributed by atoms with Crippen LogP contribution in [0.25, 0.3) is 0 Å². The monoisotopic (exact) mass is 431 g/mol. The highest BCUT2D eigenvalue weighted by molar-refractivity contribution is 7.89. The van der Waals surface area contributed by atoms with Crippen LogP contribution >= 0.6 is 11.6 Å². The maximum Gasteiger partial charge on any atom is 0.243 e. The van der Waals surface area contributed by atoms with E-state index < -0.39 is 10.0 Å². The lowest BCUT2D eigenvalue weighted by molar-refractivity contribution is -0.120. The van der Waals surface area contributed by atoms with Crippen LogP contribution in [0.3, 0.4) is 0 Å². The highest BCUT2D eigenvalue weighted by atomic mass is 35.5. The summed E-state index contributed by atoms with van der Waals surface area (Å²) in [5, 5.41) is 3.32. The van der Waals surface area contributed by atoms with Gasteiger partial charge in [0.05, 0.1) is 31.3 Å². The molecule has 0 aliphatic carbocycles. The van der Waals surface area contributed by atoms with Gasteiger partial charge in [-0.05, 0) is 38.3 Å². The molecule has 0 atom stereocenters. The fourth-order valence-electron chi connectivity index (χ4n) is 3.27. The Morgan fingerprint density at radius 3 is 2.64 bits per heavy atom. The second-order valence-corrected chi connectivity index (χ2v) is 9.42. The van der Waals surface area contributed by atoms with Gasteiger partial charge in [-0.15, -0.1) is 11.6 Å². The smallest absolute Gasteiger partial charge is 0.243 e. The van der Waals surface area contributed by atoms with E-state index >= 15 is 0 Å². The number of alkyl halides is 1. The van der Waals surface area contributed by atoms with Gasteiger partial charge in [-0.3, -0.25) is 9.69 Å². The van der Waals surface area contributed by atoms with Gasteiger partial charge in [0.1, 0.15) is 0 Å². The Bertz CT molecular complexity index is 755. The van der Waals surface area contributed by atoms with Crippen molar-refractivity contribution in [2.75, 3.05) is 55.9 Å². The van der Waals surface area contributed by atoms with Gasteiger partial charge in [-0.25, -0.2) is 18.4 Å². The summed E-state index contributed by atoms with van der Waals surface area (Å²) in [6, 6.07) is 0. The molecular weight excluding hydrogens is 406 g/mol. The minimum Gasteiger partial charge on any atom is -0.476 e. The standard InChI is InChI=1S/C17H26ClN5O4S/c18-4-1-9-28(25,26)22-7-8-23(17(24)12-22)15-10-21-16(11-20-15)27-13-14-2-5-19-6-3-14/h10-11,14,19H,1-9,12-13H2. The van der Waals surface area contributed by atoms with Gasteiger partial charge >= 0.3 is 0 Å². The topological polar surface area (TPSA) is 105 Å². The van der Waals surface area contributed by atoms with E-state index in [-0.39, 0.29) is 37.2 Å². The number of nitrogens with zero attached hydrogens (tertiary/aromatic N) is 4. The number of hydrogen-bond acceptors (Lipinski definition) is 7. The lowest BCUT2D eigenvalue weighted by atomic mass is 9.99. The van der Waals surface area contributed by atoms with E-state index in [4.69, 9.17) is 16.3 Å². The quantitative estimate of drug-likeness (QED) is 0.596. The molecule has 2 aliphatic rings. The number of aromatic nitrogens is 2. The molecule has 28 heavy (non-hydrogen) atoms. The van der Waals surface area contributed by atoms with Crippen molar-refractivity contribution in [1.82, 2.24) is 19.6 Å². The number of piperidine rings is 1. The summed E-state index contributed by atoms with van der Waals surface area (Å²) < 4.78 is 31.4. The lowest BCUT2D eigenvalue weighted by Crippen LogP contribution is -2.53. The Morgan fingerprint density at radius 1 is 1.21 bits per heavy atom. The van der Waals surface area contributed by atoms with E-state index in [1.54, 1.807) is 0 Å². The van der Waals surface area contributed by atoms with Gasteiger partial charge in [0.25, 0.3) is 0 Å². The molecule has 3 rings (SSSR count). The molecule has 11 heteroatoms. The molecule has 1 amide bonds. The van der Waals surface area contributed by atoms with Crippen LogP contribution in [0.1, 0.15) is 19.3 Å². The van der Waals surface area contributed by atoms with Crippen molar-refractivity contribution in [3.63, 3.8) is 0 Å². The minimum absolute atomic E-state index is 0.0489. The van der Waals surface area contributed by atoms with Gasteiger partial charge in [-0.1, -0.05) is 0 Å². The van der Waals surface area contributed by atoms with Crippen molar-refractivity contribution in [3.8, 4) is 5.88 Å². The summed E-state index contributed by atoms with van der Waals surface area (Å²) in [4.78, 5) is 22.4. The molecule has 156 valence electrons. The number of piperazine rings is 1. The molecule has 9 nitrogen and oxygen atoms in total. The van der Waals surface area contributed by atoms with Crippen LogP contribution in [0.15, 0.2) is 12.4 Å². The van der Waals surface area contributed by atoms with Crippen molar-refractivity contribution >= 4 is 33.3 Å². The van der Waals surface area contributed by atoms with E-state index in [9.17, 15) is 13.2 Å². The van der Waals surface area contributed by atoms with E-state index in [0.29, 0.717) is 30.6 Å². The Morgan fingerprint density at radius 2 is 2.00 bits per heavy atom. The summed E-state index contributed by atoms with van der Waals surface area (Å²) in [6.45, 7) is 2.89. The summed E-state index contributed by atoms with van der Waals surface area (Å²) in [6.07, 6.45) is 5.53. The van der Waals surface area contributed by atoms with Gasteiger partial charge in [0.2, 0.25) is 21.8 Å². The Kier molecular flexibility index (Phi) is 7.44. The fraction of sp³-hybridized carbons (Fsp3) is 0.706. The maximum atomic E-state index is 12.4. The van der Waals surface area contributed by atoms with Gasteiger partial charge < -0.3 is 10.1 Å². The molecule has 1 aromatic rings. The van der Waals surface area contributed by atoms with Gasteiger partial charge in [0, 0.05) is 19.0 Å². The molecule has 3 heterocycles. The number of rotatable bonds is 8. The third-order valence-electron chi connectivity index (χ3n) is 4.93. The molecule has 2 fully saturated rings.